The molecular formula is C16H26O4. The summed E-state index contributed by atoms with van der Waals surface area (Å²) in [5.41, 5.74) is 0.366. The number of carbonyl (C=O) groups is 2. The minimum absolute atomic E-state index is 0.179. The van der Waals surface area contributed by atoms with Gasteiger partial charge in [-0.3, -0.25) is 4.79 Å². The molecule has 1 rings (SSSR count). The van der Waals surface area contributed by atoms with Gasteiger partial charge in [0.15, 0.2) is 0 Å². The van der Waals surface area contributed by atoms with E-state index in [9.17, 15) is 9.59 Å². The molecule has 0 aliphatic heterocycles. The van der Waals surface area contributed by atoms with Gasteiger partial charge in [-0.1, -0.05) is 34.3 Å². The second kappa shape index (κ2) is 6.91. The molecule has 0 aromatic carbocycles. The lowest BCUT2D eigenvalue weighted by molar-refractivity contribution is -0.175. The van der Waals surface area contributed by atoms with E-state index in [0.717, 1.165) is 12.8 Å². The normalized spacial score (nSPS) is 29.9. The number of carbonyl (C=O) groups excluding carboxylic acids is 2. The van der Waals surface area contributed by atoms with Crippen LogP contribution in [0.1, 0.15) is 47.5 Å². The van der Waals surface area contributed by atoms with E-state index >= 15 is 0 Å². The molecule has 0 saturated heterocycles. The summed E-state index contributed by atoms with van der Waals surface area (Å²) in [7, 11) is 0. The quantitative estimate of drug-likeness (QED) is 0.587. The molecule has 4 heteroatoms. The zero-order chi connectivity index (χ0) is 15.4. The van der Waals surface area contributed by atoms with Gasteiger partial charge in [0, 0.05) is 5.57 Å². The topological polar surface area (TPSA) is 52.6 Å². The van der Waals surface area contributed by atoms with E-state index in [4.69, 9.17) is 9.47 Å². The highest BCUT2D eigenvalue weighted by Gasteiger charge is 2.38. The van der Waals surface area contributed by atoms with Gasteiger partial charge in [-0.05, 0) is 31.6 Å². The largest absolute Gasteiger partial charge is 0.458 e. The van der Waals surface area contributed by atoms with Crippen LogP contribution in [0.4, 0.5) is 0 Å². The lowest BCUT2D eigenvalue weighted by Crippen LogP contribution is -2.43. The van der Waals surface area contributed by atoms with Crippen LogP contribution in [0.3, 0.4) is 0 Å². The molecule has 0 radical (unpaired) electrons. The monoisotopic (exact) mass is 282 g/mol. The molecule has 1 aliphatic carbocycles. The third kappa shape index (κ3) is 4.36. The Morgan fingerprint density at radius 1 is 1.05 bits per heavy atom. The van der Waals surface area contributed by atoms with Gasteiger partial charge in [0.2, 0.25) is 0 Å². The highest BCUT2D eigenvalue weighted by molar-refractivity contribution is 5.87. The van der Waals surface area contributed by atoms with Crippen molar-refractivity contribution >= 4 is 11.9 Å². The van der Waals surface area contributed by atoms with Crippen molar-refractivity contribution in [1.82, 2.24) is 0 Å². The molecule has 1 saturated carbocycles. The van der Waals surface area contributed by atoms with Gasteiger partial charge in [0.25, 0.3) is 0 Å². The van der Waals surface area contributed by atoms with Crippen LogP contribution in [0.5, 0.6) is 0 Å². The van der Waals surface area contributed by atoms with Crippen molar-refractivity contribution in [1.29, 1.82) is 0 Å². The average molecular weight is 282 g/mol. The molecule has 114 valence electrons. The van der Waals surface area contributed by atoms with E-state index in [1.165, 1.54) is 0 Å². The van der Waals surface area contributed by atoms with Crippen LogP contribution in [-0.2, 0) is 19.1 Å². The Labute approximate surface area is 121 Å². The van der Waals surface area contributed by atoms with Gasteiger partial charge in [0.05, 0.1) is 5.92 Å². The molecule has 3 unspecified atom stereocenters. The van der Waals surface area contributed by atoms with E-state index in [1.54, 1.807) is 20.8 Å². The number of ether oxygens (including phenoxy) is 2. The molecule has 0 bridgehead atoms. The molecule has 4 atom stereocenters. The fraction of sp³-hybridized carbons (Fsp3) is 0.750. The van der Waals surface area contributed by atoms with Gasteiger partial charge in [-0.15, -0.1) is 0 Å². The van der Waals surface area contributed by atoms with E-state index < -0.39 is 5.97 Å². The second-order valence-electron chi connectivity index (χ2n) is 6.28. The minimum Gasteiger partial charge on any atom is -0.458 e. The first-order valence-corrected chi connectivity index (χ1v) is 7.29. The standard InChI is InChI=1S/C16H26O4/c1-9(2)15(17)19-13-7-11(5)12(6)8-14(13)20-16(18)10(3)4/h10-14H,1,7-8H2,2-6H3/t11?,12-,13?,14?/m0/s1. The molecule has 1 fully saturated rings. The molecule has 4 nitrogen and oxygen atoms in total. The van der Waals surface area contributed by atoms with Crippen molar-refractivity contribution < 1.29 is 19.1 Å². The van der Waals surface area contributed by atoms with Gasteiger partial charge >= 0.3 is 11.9 Å². The van der Waals surface area contributed by atoms with Crippen molar-refractivity contribution in [2.75, 3.05) is 0 Å². The zero-order valence-corrected chi connectivity index (χ0v) is 13.1. The molecular weight excluding hydrogens is 256 g/mol. The van der Waals surface area contributed by atoms with Crippen molar-refractivity contribution in [2.45, 2.75) is 59.7 Å². The summed E-state index contributed by atoms with van der Waals surface area (Å²) < 4.78 is 11.0. The lowest BCUT2D eigenvalue weighted by Gasteiger charge is -2.37. The summed E-state index contributed by atoms with van der Waals surface area (Å²) in [5.74, 6) is 0.0456. The van der Waals surface area contributed by atoms with Gasteiger partial charge in [0.1, 0.15) is 12.2 Å². The zero-order valence-electron chi connectivity index (χ0n) is 13.1. The Morgan fingerprint density at radius 3 is 1.90 bits per heavy atom. The summed E-state index contributed by atoms with van der Waals surface area (Å²) in [6.07, 6.45) is 0.733. The second-order valence-corrected chi connectivity index (χ2v) is 6.28. The van der Waals surface area contributed by atoms with Crippen LogP contribution >= 0.6 is 0 Å². The maximum atomic E-state index is 11.8. The molecule has 0 spiro atoms. The van der Waals surface area contributed by atoms with E-state index in [2.05, 4.69) is 20.4 Å². The van der Waals surface area contributed by atoms with Gasteiger partial charge < -0.3 is 9.47 Å². The smallest absolute Gasteiger partial charge is 0.333 e. The van der Waals surface area contributed by atoms with Crippen LogP contribution in [0.25, 0.3) is 0 Å². The predicted octanol–water partition coefficient (Wildman–Crippen LogP) is 3.11. The molecule has 0 aromatic heterocycles. The molecule has 0 heterocycles. The van der Waals surface area contributed by atoms with E-state index in [0.29, 0.717) is 17.4 Å². The minimum atomic E-state index is -0.414. The first-order chi connectivity index (χ1) is 9.22. The van der Waals surface area contributed by atoms with Crippen LogP contribution in [0.15, 0.2) is 12.2 Å². The highest BCUT2D eigenvalue weighted by Crippen LogP contribution is 2.33. The molecule has 20 heavy (non-hydrogen) atoms. The molecule has 1 aliphatic rings. The summed E-state index contributed by atoms with van der Waals surface area (Å²) >= 11 is 0. The maximum absolute atomic E-state index is 11.8. The summed E-state index contributed by atoms with van der Waals surface area (Å²) in [5, 5.41) is 0. The van der Waals surface area contributed by atoms with E-state index in [1.807, 2.05) is 0 Å². The number of hydrogen-bond acceptors (Lipinski definition) is 4. The number of hydrogen-bond donors (Lipinski definition) is 0. The van der Waals surface area contributed by atoms with Crippen LogP contribution < -0.4 is 0 Å². The van der Waals surface area contributed by atoms with Crippen LogP contribution in [0.2, 0.25) is 0 Å². The Morgan fingerprint density at radius 2 is 1.50 bits per heavy atom. The SMILES string of the molecule is C=C(C)C(=O)OC1CC(C)[C@@H](C)CC1OC(=O)C(C)C. The maximum Gasteiger partial charge on any atom is 0.333 e. The fourth-order valence-electron chi connectivity index (χ4n) is 2.27. The van der Waals surface area contributed by atoms with Crippen molar-refractivity contribution in [3.63, 3.8) is 0 Å². The first kappa shape index (κ1) is 16.7. The first-order valence-electron chi connectivity index (χ1n) is 7.29. The third-order valence-electron chi connectivity index (χ3n) is 3.94. The van der Waals surface area contributed by atoms with Crippen molar-refractivity contribution in [3.8, 4) is 0 Å². The third-order valence-corrected chi connectivity index (χ3v) is 3.94. The molecule has 0 aromatic rings. The Bertz CT molecular complexity index is 386. The van der Waals surface area contributed by atoms with Crippen LogP contribution in [-0.4, -0.2) is 24.1 Å². The van der Waals surface area contributed by atoms with Crippen molar-refractivity contribution in [3.05, 3.63) is 12.2 Å². The summed E-state index contributed by atoms with van der Waals surface area (Å²) in [6, 6.07) is 0. The van der Waals surface area contributed by atoms with Crippen molar-refractivity contribution in [2.24, 2.45) is 17.8 Å². The predicted molar refractivity (Wildman–Crippen MR) is 77.0 cm³/mol. The summed E-state index contributed by atoms with van der Waals surface area (Å²) in [6.45, 7) is 13.1. The fourth-order valence-corrected chi connectivity index (χ4v) is 2.27. The molecule has 0 N–H and O–H groups in total. The average Bonchev–Trinajstić information content (AvgIpc) is 2.34. The molecule has 0 amide bonds. The summed E-state index contributed by atoms with van der Waals surface area (Å²) in [4.78, 5) is 23.5. The Kier molecular flexibility index (Phi) is 5.78. The number of esters is 2. The lowest BCUT2D eigenvalue weighted by atomic mass is 9.78. The Hall–Kier alpha value is -1.32. The highest BCUT2D eigenvalue weighted by atomic mass is 16.6. The number of rotatable bonds is 4. The van der Waals surface area contributed by atoms with Gasteiger partial charge in [-0.25, -0.2) is 4.79 Å². The Balaban J connectivity index is 2.76. The van der Waals surface area contributed by atoms with E-state index in [-0.39, 0.29) is 24.1 Å². The van der Waals surface area contributed by atoms with Crippen LogP contribution in [0, 0.1) is 17.8 Å². The van der Waals surface area contributed by atoms with Gasteiger partial charge in [-0.2, -0.15) is 0 Å².